The van der Waals surface area contributed by atoms with Gasteiger partial charge in [0.1, 0.15) is 5.75 Å². The molecule has 1 N–H and O–H groups in total. The lowest BCUT2D eigenvalue weighted by molar-refractivity contribution is -0.141. The summed E-state index contributed by atoms with van der Waals surface area (Å²) < 4.78 is 5.36. The van der Waals surface area contributed by atoms with Crippen molar-refractivity contribution in [1.82, 2.24) is 4.90 Å². The summed E-state index contributed by atoms with van der Waals surface area (Å²) >= 11 is 0. The zero-order chi connectivity index (χ0) is 16.4. The molecule has 2 heterocycles. The molecule has 1 fully saturated rings. The maximum atomic E-state index is 12.2. The number of aliphatic carboxylic acids is 1. The van der Waals surface area contributed by atoms with Gasteiger partial charge in [-0.3, -0.25) is 14.4 Å². The van der Waals surface area contributed by atoms with E-state index in [1.807, 2.05) is 12.1 Å². The van der Waals surface area contributed by atoms with E-state index < -0.39 is 11.9 Å². The predicted octanol–water partition coefficient (Wildman–Crippen LogP) is 0.735. The highest BCUT2D eigenvalue weighted by atomic mass is 16.5. The molecular weight excluding hydrogens is 300 g/mol. The van der Waals surface area contributed by atoms with Gasteiger partial charge in [-0.25, -0.2) is 0 Å². The molecule has 1 saturated heterocycles. The molecule has 0 aromatic heterocycles. The molecule has 1 atom stereocenters. The van der Waals surface area contributed by atoms with Crippen molar-refractivity contribution in [2.24, 2.45) is 5.92 Å². The van der Waals surface area contributed by atoms with E-state index in [-0.39, 0.29) is 37.9 Å². The van der Waals surface area contributed by atoms with Gasteiger partial charge >= 0.3 is 5.97 Å². The standard InChI is InChI=1S/C16H18N2O5/c19-14(17-7-5-11(9-17)16(21)22)6-8-18-12-3-1-2-4-13(12)23-10-15(18)20/h1-4,11H,5-10H2,(H,21,22). The molecule has 0 saturated carbocycles. The lowest BCUT2D eigenvalue weighted by Crippen LogP contribution is -2.41. The molecule has 7 heteroatoms. The summed E-state index contributed by atoms with van der Waals surface area (Å²) in [6, 6.07) is 7.21. The summed E-state index contributed by atoms with van der Waals surface area (Å²) in [5, 5.41) is 8.99. The molecule has 0 aliphatic carbocycles. The van der Waals surface area contributed by atoms with Crippen molar-refractivity contribution in [2.75, 3.05) is 31.1 Å². The number of carboxylic acids is 1. The van der Waals surface area contributed by atoms with Crippen LogP contribution in [0.25, 0.3) is 0 Å². The van der Waals surface area contributed by atoms with E-state index in [0.29, 0.717) is 24.4 Å². The average Bonchev–Trinajstić information content (AvgIpc) is 3.04. The first-order chi connectivity index (χ1) is 11.1. The number of carbonyl (C=O) groups excluding carboxylic acids is 2. The van der Waals surface area contributed by atoms with Crippen molar-refractivity contribution < 1.29 is 24.2 Å². The molecule has 1 aromatic carbocycles. The molecule has 2 amide bonds. The predicted molar refractivity (Wildman–Crippen MR) is 81.2 cm³/mol. The van der Waals surface area contributed by atoms with Gasteiger partial charge in [0.15, 0.2) is 6.61 Å². The average molecular weight is 318 g/mol. The van der Waals surface area contributed by atoms with Gasteiger partial charge in [-0.2, -0.15) is 0 Å². The molecule has 23 heavy (non-hydrogen) atoms. The topological polar surface area (TPSA) is 87.2 Å². The summed E-state index contributed by atoms with van der Waals surface area (Å²) in [5.74, 6) is -1.01. The Morgan fingerprint density at radius 3 is 2.83 bits per heavy atom. The van der Waals surface area contributed by atoms with Crippen molar-refractivity contribution in [3.05, 3.63) is 24.3 Å². The van der Waals surface area contributed by atoms with E-state index in [1.165, 1.54) is 0 Å². The largest absolute Gasteiger partial charge is 0.482 e. The summed E-state index contributed by atoms with van der Waals surface area (Å²) in [4.78, 5) is 38.3. The minimum Gasteiger partial charge on any atom is -0.482 e. The number of amides is 2. The van der Waals surface area contributed by atoms with Crippen molar-refractivity contribution in [3.63, 3.8) is 0 Å². The Morgan fingerprint density at radius 2 is 2.09 bits per heavy atom. The zero-order valence-electron chi connectivity index (χ0n) is 12.6. The van der Waals surface area contributed by atoms with Gasteiger partial charge in [0.05, 0.1) is 11.6 Å². The number of nitrogens with zero attached hydrogens (tertiary/aromatic N) is 2. The minimum atomic E-state index is -0.863. The van der Waals surface area contributed by atoms with Crippen LogP contribution in [0.15, 0.2) is 24.3 Å². The normalized spacial score (nSPS) is 20.2. The Labute approximate surface area is 133 Å². The van der Waals surface area contributed by atoms with Crippen LogP contribution < -0.4 is 9.64 Å². The second-order valence-electron chi connectivity index (χ2n) is 5.72. The molecule has 1 aromatic rings. The summed E-state index contributed by atoms with van der Waals surface area (Å²) in [6.45, 7) is 0.952. The lowest BCUT2D eigenvalue weighted by Gasteiger charge is -2.29. The highest BCUT2D eigenvalue weighted by Crippen LogP contribution is 2.31. The molecular formula is C16H18N2O5. The fourth-order valence-corrected chi connectivity index (χ4v) is 2.95. The van der Waals surface area contributed by atoms with E-state index in [9.17, 15) is 14.4 Å². The molecule has 2 aliphatic rings. The van der Waals surface area contributed by atoms with Gasteiger partial charge in [-0.15, -0.1) is 0 Å². The van der Waals surface area contributed by atoms with Gasteiger partial charge in [0.25, 0.3) is 5.91 Å². The fraction of sp³-hybridized carbons (Fsp3) is 0.438. The molecule has 1 unspecified atom stereocenters. The Bertz CT molecular complexity index is 645. The number of hydrogen-bond donors (Lipinski definition) is 1. The van der Waals surface area contributed by atoms with Crippen molar-refractivity contribution in [3.8, 4) is 5.75 Å². The maximum Gasteiger partial charge on any atom is 0.308 e. The number of para-hydroxylation sites is 2. The third-order valence-electron chi connectivity index (χ3n) is 4.25. The highest BCUT2D eigenvalue weighted by molar-refractivity contribution is 5.98. The number of benzene rings is 1. The van der Waals surface area contributed by atoms with Crippen LogP contribution in [0, 0.1) is 5.92 Å². The number of fused-ring (bicyclic) bond motifs is 1. The van der Waals surface area contributed by atoms with Gasteiger partial charge in [-0.05, 0) is 18.6 Å². The second-order valence-corrected chi connectivity index (χ2v) is 5.72. The number of likely N-dealkylation sites (tertiary alicyclic amines) is 1. The number of carbonyl (C=O) groups is 3. The maximum absolute atomic E-state index is 12.2. The molecule has 0 bridgehead atoms. The first-order valence-electron chi connectivity index (χ1n) is 7.59. The van der Waals surface area contributed by atoms with E-state index >= 15 is 0 Å². The van der Waals surface area contributed by atoms with Gasteiger partial charge < -0.3 is 19.6 Å². The van der Waals surface area contributed by atoms with Crippen LogP contribution in [0.4, 0.5) is 5.69 Å². The van der Waals surface area contributed by atoms with Crippen LogP contribution in [0.2, 0.25) is 0 Å². The number of hydrogen-bond acceptors (Lipinski definition) is 4. The molecule has 0 spiro atoms. The Kier molecular flexibility index (Phi) is 4.18. The van der Waals surface area contributed by atoms with Crippen LogP contribution in [0.5, 0.6) is 5.75 Å². The van der Waals surface area contributed by atoms with Crippen molar-refractivity contribution in [2.45, 2.75) is 12.8 Å². The number of rotatable bonds is 4. The van der Waals surface area contributed by atoms with E-state index in [2.05, 4.69) is 0 Å². The number of anilines is 1. The third kappa shape index (κ3) is 3.13. The van der Waals surface area contributed by atoms with Crippen LogP contribution in [0.1, 0.15) is 12.8 Å². The number of carboxylic acid groups (broad SMARTS) is 1. The first-order valence-corrected chi connectivity index (χ1v) is 7.59. The highest BCUT2D eigenvalue weighted by Gasteiger charge is 2.31. The zero-order valence-corrected chi connectivity index (χ0v) is 12.6. The minimum absolute atomic E-state index is 0.0317. The summed E-state index contributed by atoms with van der Waals surface area (Å²) in [6.07, 6.45) is 0.660. The summed E-state index contributed by atoms with van der Waals surface area (Å²) in [5.41, 5.74) is 0.668. The quantitative estimate of drug-likeness (QED) is 0.884. The van der Waals surface area contributed by atoms with Crippen LogP contribution in [-0.2, 0) is 14.4 Å². The Hall–Kier alpha value is -2.57. The SMILES string of the molecule is O=C(O)C1CCN(C(=O)CCN2C(=O)COc3ccccc32)C1. The molecule has 7 nitrogen and oxygen atoms in total. The monoisotopic (exact) mass is 318 g/mol. The van der Waals surface area contributed by atoms with Crippen molar-refractivity contribution >= 4 is 23.5 Å². The fourth-order valence-electron chi connectivity index (χ4n) is 2.95. The smallest absolute Gasteiger partial charge is 0.308 e. The van der Waals surface area contributed by atoms with Crippen LogP contribution >= 0.6 is 0 Å². The number of ether oxygens (including phenoxy) is 1. The lowest BCUT2D eigenvalue weighted by atomic mass is 10.1. The van der Waals surface area contributed by atoms with Crippen LogP contribution in [0.3, 0.4) is 0 Å². The second kappa shape index (κ2) is 6.28. The summed E-state index contributed by atoms with van der Waals surface area (Å²) in [7, 11) is 0. The Morgan fingerprint density at radius 1 is 1.30 bits per heavy atom. The van der Waals surface area contributed by atoms with E-state index in [4.69, 9.17) is 9.84 Å². The van der Waals surface area contributed by atoms with E-state index in [0.717, 1.165) is 0 Å². The molecule has 122 valence electrons. The van der Waals surface area contributed by atoms with Crippen molar-refractivity contribution in [1.29, 1.82) is 0 Å². The molecule has 0 radical (unpaired) electrons. The van der Waals surface area contributed by atoms with Gasteiger partial charge in [-0.1, -0.05) is 12.1 Å². The first kappa shape index (κ1) is 15.3. The molecule has 3 rings (SSSR count). The third-order valence-corrected chi connectivity index (χ3v) is 4.25. The van der Waals surface area contributed by atoms with Gasteiger partial charge in [0.2, 0.25) is 5.91 Å². The van der Waals surface area contributed by atoms with Gasteiger partial charge in [0, 0.05) is 26.1 Å². The van der Waals surface area contributed by atoms with Crippen LogP contribution in [-0.4, -0.2) is 54.0 Å². The molecule has 2 aliphatic heterocycles. The van der Waals surface area contributed by atoms with E-state index in [1.54, 1.807) is 21.9 Å². The Balaban J connectivity index is 1.61.